The molecule has 170 valence electrons. The molecule has 7 nitrogen and oxygen atoms in total. The number of likely N-dealkylation sites (N-methyl/N-ethyl adjacent to an activating group) is 1. The van der Waals surface area contributed by atoms with E-state index in [1.54, 1.807) is 54.7 Å². The van der Waals surface area contributed by atoms with Crippen molar-refractivity contribution in [2.75, 3.05) is 37.3 Å². The van der Waals surface area contributed by atoms with Crippen molar-refractivity contribution >= 4 is 46.4 Å². The van der Waals surface area contributed by atoms with Crippen molar-refractivity contribution in [2.45, 2.75) is 6.04 Å². The second kappa shape index (κ2) is 10.3. The number of carbonyl (C=O) groups excluding carboxylic acids is 2. The Morgan fingerprint density at radius 2 is 1.85 bits per heavy atom. The maximum Gasteiger partial charge on any atom is 0.257 e. The van der Waals surface area contributed by atoms with Crippen LogP contribution in [0, 0.1) is 0 Å². The number of benzene rings is 2. The van der Waals surface area contributed by atoms with E-state index >= 15 is 0 Å². The van der Waals surface area contributed by atoms with Gasteiger partial charge in [-0.05, 0) is 55.6 Å². The number of hydrogen-bond acceptors (Lipinski definition) is 5. The summed E-state index contributed by atoms with van der Waals surface area (Å²) >= 11 is 12.2. The SMILES string of the molecule is CN1CCNC(c2ccc(C(=O)Nc3ccc(Cl)c(NC(=O)c4cccc(Cl)c4)c3)cn2)C1. The molecule has 1 unspecified atom stereocenters. The number of anilines is 2. The molecule has 0 radical (unpaired) electrons. The van der Waals surface area contributed by atoms with E-state index in [2.05, 4.69) is 32.9 Å². The average molecular weight is 484 g/mol. The first-order chi connectivity index (χ1) is 15.9. The summed E-state index contributed by atoms with van der Waals surface area (Å²) in [6.07, 6.45) is 1.57. The van der Waals surface area contributed by atoms with Crippen LogP contribution >= 0.6 is 23.2 Å². The van der Waals surface area contributed by atoms with E-state index in [-0.39, 0.29) is 17.9 Å². The molecular formula is C24H23Cl2N5O2. The Hall–Kier alpha value is -2.97. The van der Waals surface area contributed by atoms with Crippen LogP contribution < -0.4 is 16.0 Å². The molecule has 1 fully saturated rings. The molecule has 3 aromatic rings. The van der Waals surface area contributed by atoms with Gasteiger partial charge in [-0.15, -0.1) is 0 Å². The highest BCUT2D eigenvalue weighted by Gasteiger charge is 2.19. The molecule has 1 aliphatic rings. The van der Waals surface area contributed by atoms with Crippen LogP contribution in [0.1, 0.15) is 32.5 Å². The van der Waals surface area contributed by atoms with Crippen LogP contribution in [0.2, 0.25) is 10.0 Å². The molecule has 2 aromatic carbocycles. The lowest BCUT2D eigenvalue weighted by Crippen LogP contribution is -2.44. The minimum absolute atomic E-state index is 0.141. The zero-order chi connectivity index (χ0) is 23.4. The van der Waals surface area contributed by atoms with Crippen LogP contribution in [0.15, 0.2) is 60.8 Å². The van der Waals surface area contributed by atoms with Gasteiger partial charge >= 0.3 is 0 Å². The van der Waals surface area contributed by atoms with Gasteiger partial charge in [0.1, 0.15) is 0 Å². The van der Waals surface area contributed by atoms with E-state index in [1.807, 2.05) is 6.07 Å². The van der Waals surface area contributed by atoms with Gasteiger partial charge in [-0.1, -0.05) is 29.3 Å². The Balaban J connectivity index is 1.43. The van der Waals surface area contributed by atoms with E-state index in [4.69, 9.17) is 23.2 Å². The third kappa shape index (κ3) is 5.89. The van der Waals surface area contributed by atoms with E-state index in [9.17, 15) is 9.59 Å². The van der Waals surface area contributed by atoms with Crippen LogP contribution in [0.5, 0.6) is 0 Å². The third-order valence-electron chi connectivity index (χ3n) is 5.34. The van der Waals surface area contributed by atoms with Gasteiger partial charge < -0.3 is 20.9 Å². The number of piperazine rings is 1. The quantitative estimate of drug-likeness (QED) is 0.498. The summed E-state index contributed by atoms with van der Waals surface area (Å²) in [6, 6.07) is 15.2. The van der Waals surface area contributed by atoms with Crippen LogP contribution in [0.4, 0.5) is 11.4 Å². The molecular weight excluding hydrogens is 461 g/mol. The summed E-state index contributed by atoms with van der Waals surface area (Å²) in [6.45, 7) is 2.77. The van der Waals surface area contributed by atoms with Gasteiger partial charge in [0.15, 0.2) is 0 Å². The largest absolute Gasteiger partial charge is 0.322 e. The number of nitrogens with one attached hydrogen (secondary N) is 3. The van der Waals surface area contributed by atoms with E-state index < -0.39 is 0 Å². The highest BCUT2D eigenvalue weighted by atomic mass is 35.5. The van der Waals surface area contributed by atoms with Crippen molar-refractivity contribution in [3.8, 4) is 0 Å². The summed E-state index contributed by atoms with van der Waals surface area (Å²) in [5.41, 5.74) is 2.60. The van der Waals surface area contributed by atoms with E-state index in [0.29, 0.717) is 32.5 Å². The molecule has 3 N–H and O–H groups in total. The van der Waals surface area contributed by atoms with Gasteiger partial charge in [0.25, 0.3) is 11.8 Å². The van der Waals surface area contributed by atoms with Crippen LogP contribution in [-0.2, 0) is 0 Å². The van der Waals surface area contributed by atoms with Crippen molar-refractivity contribution in [1.29, 1.82) is 0 Å². The molecule has 0 aliphatic carbocycles. The number of halogens is 2. The molecule has 0 spiro atoms. The van der Waals surface area contributed by atoms with Gasteiger partial charge in [0, 0.05) is 42.1 Å². The normalized spacial score (nSPS) is 16.3. The second-order valence-electron chi connectivity index (χ2n) is 7.85. The fourth-order valence-corrected chi connectivity index (χ4v) is 3.92. The zero-order valence-electron chi connectivity index (χ0n) is 17.9. The summed E-state index contributed by atoms with van der Waals surface area (Å²) < 4.78 is 0. The fourth-order valence-electron chi connectivity index (χ4n) is 3.57. The lowest BCUT2D eigenvalue weighted by Gasteiger charge is -2.30. The Morgan fingerprint density at radius 1 is 1.03 bits per heavy atom. The summed E-state index contributed by atoms with van der Waals surface area (Å²) in [5.74, 6) is -0.665. The van der Waals surface area contributed by atoms with Gasteiger partial charge in [0.2, 0.25) is 0 Å². The molecule has 2 heterocycles. The predicted molar refractivity (Wildman–Crippen MR) is 131 cm³/mol. The van der Waals surface area contributed by atoms with Crippen molar-refractivity contribution in [3.05, 3.63) is 87.7 Å². The minimum atomic E-state index is -0.357. The van der Waals surface area contributed by atoms with Crippen molar-refractivity contribution < 1.29 is 9.59 Å². The van der Waals surface area contributed by atoms with Crippen LogP contribution in [-0.4, -0.2) is 48.4 Å². The van der Waals surface area contributed by atoms with Gasteiger partial charge in [-0.3, -0.25) is 14.6 Å². The number of nitrogens with zero attached hydrogens (tertiary/aromatic N) is 2. The molecule has 1 aromatic heterocycles. The average Bonchev–Trinajstić information content (AvgIpc) is 2.81. The number of pyridine rings is 1. The highest BCUT2D eigenvalue weighted by Crippen LogP contribution is 2.27. The number of amides is 2. The van der Waals surface area contributed by atoms with Crippen LogP contribution in [0.25, 0.3) is 0 Å². The Kier molecular flexibility index (Phi) is 7.25. The maximum atomic E-state index is 12.7. The Bertz CT molecular complexity index is 1170. The molecule has 1 atom stereocenters. The highest BCUT2D eigenvalue weighted by molar-refractivity contribution is 6.34. The first kappa shape index (κ1) is 23.2. The Morgan fingerprint density at radius 3 is 2.58 bits per heavy atom. The zero-order valence-corrected chi connectivity index (χ0v) is 19.5. The molecule has 0 saturated carbocycles. The number of aromatic nitrogens is 1. The predicted octanol–water partition coefficient (Wildman–Crippen LogP) is 4.47. The first-order valence-corrected chi connectivity index (χ1v) is 11.2. The van der Waals surface area contributed by atoms with Crippen molar-refractivity contribution in [1.82, 2.24) is 15.2 Å². The number of rotatable bonds is 5. The van der Waals surface area contributed by atoms with E-state index in [0.717, 1.165) is 25.3 Å². The molecule has 0 bridgehead atoms. The summed E-state index contributed by atoms with van der Waals surface area (Å²) in [7, 11) is 2.08. The molecule has 1 saturated heterocycles. The fraction of sp³-hybridized carbons (Fsp3) is 0.208. The van der Waals surface area contributed by atoms with Crippen LogP contribution in [0.3, 0.4) is 0 Å². The molecule has 33 heavy (non-hydrogen) atoms. The first-order valence-electron chi connectivity index (χ1n) is 10.4. The summed E-state index contributed by atoms with van der Waals surface area (Å²) in [5, 5.41) is 9.81. The lowest BCUT2D eigenvalue weighted by atomic mass is 10.1. The maximum absolute atomic E-state index is 12.7. The van der Waals surface area contributed by atoms with E-state index in [1.165, 1.54) is 0 Å². The number of carbonyl (C=O) groups is 2. The molecule has 2 amide bonds. The topological polar surface area (TPSA) is 86.4 Å². The third-order valence-corrected chi connectivity index (χ3v) is 5.91. The van der Waals surface area contributed by atoms with Crippen molar-refractivity contribution in [3.63, 3.8) is 0 Å². The monoisotopic (exact) mass is 483 g/mol. The molecule has 1 aliphatic heterocycles. The molecule has 9 heteroatoms. The molecule has 4 rings (SSSR count). The van der Waals surface area contributed by atoms with Gasteiger partial charge in [-0.2, -0.15) is 0 Å². The Labute approximate surface area is 202 Å². The minimum Gasteiger partial charge on any atom is -0.322 e. The smallest absolute Gasteiger partial charge is 0.257 e. The lowest BCUT2D eigenvalue weighted by molar-refractivity contribution is 0.101. The van der Waals surface area contributed by atoms with Crippen molar-refractivity contribution in [2.24, 2.45) is 0 Å². The van der Waals surface area contributed by atoms with Gasteiger partial charge in [0.05, 0.1) is 28.0 Å². The summed E-state index contributed by atoms with van der Waals surface area (Å²) in [4.78, 5) is 32.0. The van der Waals surface area contributed by atoms with Gasteiger partial charge in [-0.25, -0.2) is 0 Å². The standard InChI is InChI=1S/C24H23Cl2N5O2/c1-31-10-9-27-22(14-31)20-8-5-16(13-28-20)24(33)29-18-6-7-19(26)21(12-18)30-23(32)15-3-2-4-17(25)11-15/h2-8,11-13,22,27H,9-10,14H2,1H3,(H,29,33)(H,30,32). The second-order valence-corrected chi connectivity index (χ2v) is 8.70. The number of hydrogen-bond donors (Lipinski definition) is 3.